The second-order valence-electron chi connectivity index (χ2n) is 0.408. The fourth-order valence-electron chi connectivity index (χ4n) is 0. The van der Waals surface area contributed by atoms with Gasteiger partial charge in [-0.2, -0.15) is 0 Å². The molecule has 0 bridgehead atoms. The fourth-order valence-corrected chi connectivity index (χ4v) is 0. The summed E-state index contributed by atoms with van der Waals surface area (Å²) in [5.74, 6) is 0. The number of rotatable bonds is 0. The molecule has 0 rings (SSSR count). The first-order valence-corrected chi connectivity index (χ1v) is 2.00. The summed E-state index contributed by atoms with van der Waals surface area (Å²) in [5, 5.41) is 0. The summed E-state index contributed by atoms with van der Waals surface area (Å²) in [4.78, 5) is 0. The first kappa shape index (κ1) is 23.4. The van der Waals surface area contributed by atoms with Crippen molar-refractivity contribution in [3.8, 4) is 0 Å². The summed E-state index contributed by atoms with van der Waals surface area (Å²) < 4.78 is 34.1. The van der Waals surface area contributed by atoms with Crippen molar-refractivity contribution in [3.05, 3.63) is 0 Å². The van der Waals surface area contributed by atoms with Crippen LogP contribution in [-0.2, 0) is 10.4 Å². The molecule has 0 spiro atoms. The van der Waals surface area contributed by atoms with Crippen molar-refractivity contribution in [1.82, 2.24) is 0 Å². The van der Waals surface area contributed by atoms with Gasteiger partial charge in [0, 0.05) is 10.4 Å². The van der Waals surface area contributed by atoms with E-state index < -0.39 is 10.4 Å². The molecule has 0 unspecified atom stereocenters. The quantitative estimate of drug-likeness (QED) is 0.208. The standard InChI is InChI=1S/Al.ClH.H2O4S.H2O/c;;1-5(2,3)4;/h;1H;(H2,1,2,3,4);1H2/q+3;;;/p-4. The molecule has 48 valence electrons. The molecule has 0 saturated heterocycles. The molecule has 1 N–H and O–H groups in total. The SMILES string of the molecule is O=S(=O)([O-])[O-].[Al+3].[Cl-].[OH-]. The van der Waals surface area contributed by atoms with Crippen LogP contribution in [0.15, 0.2) is 0 Å². The summed E-state index contributed by atoms with van der Waals surface area (Å²) >= 11 is 0. The Morgan fingerprint density at radius 3 is 1.12 bits per heavy atom. The Labute approximate surface area is 63.5 Å². The minimum absolute atomic E-state index is 0. The molecule has 0 amide bonds. The van der Waals surface area contributed by atoms with Crippen LogP contribution >= 0.6 is 0 Å². The smallest absolute Gasteiger partial charge is 1.00 e. The third-order valence-electron chi connectivity index (χ3n) is 0. The molecular formula is HAlClO5S-. The van der Waals surface area contributed by atoms with Crippen molar-refractivity contribution in [3.63, 3.8) is 0 Å². The monoisotopic (exact) mass is 175 g/mol. The van der Waals surface area contributed by atoms with E-state index in [4.69, 9.17) is 17.5 Å². The fraction of sp³-hybridized carbons (Fsp3) is 0. The Balaban J connectivity index is -0.0000000267. The third-order valence-corrected chi connectivity index (χ3v) is 0. The van der Waals surface area contributed by atoms with Gasteiger partial charge in [-0.15, -0.1) is 0 Å². The van der Waals surface area contributed by atoms with Crippen LogP contribution < -0.4 is 12.4 Å². The number of hydrogen-bond acceptors (Lipinski definition) is 5. The minimum Gasteiger partial charge on any atom is -1.00 e. The van der Waals surface area contributed by atoms with Crippen LogP contribution in [-0.4, -0.2) is 40.4 Å². The molecule has 0 aromatic heterocycles. The van der Waals surface area contributed by atoms with Crippen LogP contribution in [0.25, 0.3) is 0 Å². The molecule has 0 saturated carbocycles. The third kappa shape index (κ3) is 499. The van der Waals surface area contributed by atoms with Crippen molar-refractivity contribution >= 4 is 27.8 Å². The van der Waals surface area contributed by atoms with Gasteiger partial charge in [-0.25, -0.2) is 0 Å². The van der Waals surface area contributed by atoms with E-state index in [0.717, 1.165) is 0 Å². The van der Waals surface area contributed by atoms with Crippen LogP contribution in [0.2, 0.25) is 0 Å². The van der Waals surface area contributed by atoms with E-state index in [9.17, 15) is 0 Å². The summed E-state index contributed by atoms with van der Waals surface area (Å²) in [7, 11) is -5.17. The average molecular weight is 176 g/mol. The molecule has 8 heavy (non-hydrogen) atoms. The first-order chi connectivity index (χ1) is 2.00. The predicted molar refractivity (Wildman–Crippen MR) is 18.2 cm³/mol. The number of halogens is 1. The Kier molecular flexibility index (Phi) is 22.4. The van der Waals surface area contributed by atoms with E-state index in [2.05, 4.69) is 0 Å². The summed E-state index contributed by atoms with van der Waals surface area (Å²) in [6.45, 7) is 0. The van der Waals surface area contributed by atoms with Gasteiger partial charge in [-0.3, -0.25) is 8.42 Å². The van der Waals surface area contributed by atoms with Crippen molar-refractivity contribution in [1.29, 1.82) is 0 Å². The molecule has 0 heterocycles. The van der Waals surface area contributed by atoms with Crippen LogP contribution in [0.4, 0.5) is 0 Å². The first-order valence-electron chi connectivity index (χ1n) is 0.667. The predicted octanol–water partition coefficient (Wildman–Crippen LogP) is -4.89. The van der Waals surface area contributed by atoms with E-state index in [0.29, 0.717) is 0 Å². The second-order valence-corrected chi connectivity index (χ2v) is 1.22. The van der Waals surface area contributed by atoms with Gasteiger partial charge in [0.1, 0.15) is 0 Å². The van der Waals surface area contributed by atoms with Crippen LogP contribution in [0.3, 0.4) is 0 Å². The van der Waals surface area contributed by atoms with Gasteiger partial charge in [0.2, 0.25) is 0 Å². The van der Waals surface area contributed by atoms with E-state index >= 15 is 0 Å². The topological polar surface area (TPSA) is 110 Å². The molecule has 5 nitrogen and oxygen atoms in total. The Hall–Kier alpha value is 0.652. The second kappa shape index (κ2) is 7.65. The molecule has 8 heteroatoms. The maximum Gasteiger partial charge on any atom is 3.00 e. The van der Waals surface area contributed by atoms with Gasteiger partial charge in [0.25, 0.3) is 0 Å². The van der Waals surface area contributed by atoms with E-state index in [1.807, 2.05) is 0 Å². The molecule has 0 aliphatic rings. The molecule has 0 aliphatic carbocycles. The normalized spacial score (nSPS) is 7.25. The van der Waals surface area contributed by atoms with Crippen LogP contribution in [0, 0.1) is 0 Å². The summed E-state index contributed by atoms with van der Waals surface area (Å²) in [6, 6.07) is 0. The largest absolute Gasteiger partial charge is 3.00 e. The van der Waals surface area contributed by atoms with Gasteiger partial charge in [0.15, 0.2) is 0 Å². The van der Waals surface area contributed by atoms with E-state index in [-0.39, 0.29) is 35.2 Å². The zero-order chi connectivity index (χ0) is 4.50. The van der Waals surface area contributed by atoms with Crippen molar-refractivity contribution in [2.24, 2.45) is 0 Å². The molecule has 0 aromatic rings. The van der Waals surface area contributed by atoms with Crippen molar-refractivity contribution < 1.29 is 35.4 Å². The van der Waals surface area contributed by atoms with Crippen LogP contribution in [0.1, 0.15) is 0 Å². The van der Waals surface area contributed by atoms with Gasteiger partial charge >= 0.3 is 17.4 Å². The van der Waals surface area contributed by atoms with E-state index in [1.54, 1.807) is 0 Å². The molecule has 0 aliphatic heterocycles. The van der Waals surface area contributed by atoms with Crippen LogP contribution in [0.5, 0.6) is 0 Å². The zero-order valence-corrected chi connectivity index (χ0v) is 6.17. The van der Waals surface area contributed by atoms with Gasteiger partial charge in [0.05, 0.1) is 0 Å². The Morgan fingerprint density at radius 1 is 1.12 bits per heavy atom. The van der Waals surface area contributed by atoms with Gasteiger partial charge in [-0.05, 0) is 0 Å². The number of hydrogen-bond donors (Lipinski definition) is 0. The Morgan fingerprint density at radius 2 is 1.12 bits per heavy atom. The molecule has 0 fully saturated rings. The minimum atomic E-state index is -5.17. The summed E-state index contributed by atoms with van der Waals surface area (Å²) in [5.41, 5.74) is 0. The zero-order valence-electron chi connectivity index (χ0n) is 3.44. The maximum absolute atomic E-state index is 8.52. The van der Waals surface area contributed by atoms with Gasteiger partial charge < -0.3 is 27.0 Å². The molecule has 0 radical (unpaired) electrons. The molecular weight excluding hydrogens is 174 g/mol. The average Bonchev–Trinajstić information content (AvgIpc) is 0.722. The van der Waals surface area contributed by atoms with Gasteiger partial charge in [-0.1, -0.05) is 0 Å². The van der Waals surface area contributed by atoms with Crippen molar-refractivity contribution in [2.75, 3.05) is 0 Å². The summed E-state index contributed by atoms with van der Waals surface area (Å²) in [6.07, 6.45) is 0. The molecule has 0 atom stereocenters. The van der Waals surface area contributed by atoms with E-state index in [1.165, 1.54) is 0 Å². The maximum atomic E-state index is 8.52. The molecule has 0 aromatic carbocycles. The van der Waals surface area contributed by atoms with Crippen molar-refractivity contribution in [2.45, 2.75) is 0 Å². The Bertz CT molecular complexity index is 95.6.